The zero-order valence-corrected chi connectivity index (χ0v) is 13.5. The standard InChI is InChI=1S/C14H16N2O4S2/c1-20-12-5-3-2-4-11(12)14(17)16-9-8-10-6-7-13(21-10)22(15,18)19/h2-7H,8-9H2,1H3,(H,16,17)(H2,15,18,19). The number of hydrogen-bond donors (Lipinski definition) is 2. The predicted octanol–water partition coefficient (Wildman–Crippen LogP) is 1.38. The molecule has 1 aromatic carbocycles. The lowest BCUT2D eigenvalue weighted by Gasteiger charge is -2.08. The number of nitrogens with two attached hydrogens (primary N) is 1. The fourth-order valence-electron chi connectivity index (χ4n) is 1.87. The lowest BCUT2D eigenvalue weighted by Crippen LogP contribution is -2.25. The molecule has 0 spiro atoms. The van der Waals surface area contributed by atoms with Gasteiger partial charge in [0, 0.05) is 11.4 Å². The van der Waals surface area contributed by atoms with Crippen molar-refractivity contribution in [1.29, 1.82) is 0 Å². The Morgan fingerprint density at radius 1 is 1.27 bits per heavy atom. The van der Waals surface area contributed by atoms with Gasteiger partial charge in [0.2, 0.25) is 10.0 Å². The molecule has 0 fully saturated rings. The van der Waals surface area contributed by atoms with Gasteiger partial charge in [0.05, 0.1) is 12.7 Å². The second kappa shape index (κ2) is 6.91. The van der Waals surface area contributed by atoms with Crippen LogP contribution in [0.1, 0.15) is 15.2 Å². The zero-order valence-electron chi connectivity index (χ0n) is 11.9. The van der Waals surface area contributed by atoms with Gasteiger partial charge < -0.3 is 10.1 Å². The van der Waals surface area contributed by atoms with Crippen molar-refractivity contribution in [3.8, 4) is 5.75 Å². The Bertz CT molecular complexity index is 769. The second-order valence-corrected chi connectivity index (χ2v) is 7.43. The van der Waals surface area contributed by atoms with Crippen LogP contribution in [0.15, 0.2) is 40.6 Å². The van der Waals surface area contributed by atoms with Gasteiger partial charge >= 0.3 is 0 Å². The molecule has 0 unspecified atom stereocenters. The van der Waals surface area contributed by atoms with Crippen LogP contribution in [0.25, 0.3) is 0 Å². The Morgan fingerprint density at radius 3 is 2.64 bits per heavy atom. The van der Waals surface area contributed by atoms with Crippen LogP contribution >= 0.6 is 11.3 Å². The maximum absolute atomic E-state index is 12.1. The minimum Gasteiger partial charge on any atom is -0.496 e. The maximum Gasteiger partial charge on any atom is 0.255 e. The molecular formula is C14H16N2O4S2. The van der Waals surface area contributed by atoms with E-state index in [1.807, 2.05) is 0 Å². The molecule has 0 radical (unpaired) electrons. The average molecular weight is 340 g/mol. The number of ether oxygens (including phenoxy) is 1. The molecule has 0 aliphatic carbocycles. The van der Waals surface area contributed by atoms with Crippen LogP contribution in [0.5, 0.6) is 5.75 Å². The van der Waals surface area contributed by atoms with E-state index in [-0.39, 0.29) is 10.1 Å². The van der Waals surface area contributed by atoms with Crippen LogP contribution in [-0.4, -0.2) is 28.0 Å². The van der Waals surface area contributed by atoms with E-state index >= 15 is 0 Å². The van der Waals surface area contributed by atoms with E-state index in [0.717, 1.165) is 16.2 Å². The number of methoxy groups -OCH3 is 1. The molecule has 0 aliphatic rings. The number of carbonyl (C=O) groups is 1. The minimum atomic E-state index is -3.66. The molecule has 8 heteroatoms. The van der Waals surface area contributed by atoms with E-state index in [0.29, 0.717) is 24.3 Å². The van der Waals surface area contributed by atoms with E-state index in [1.54, 1.807) is 30.3 Å². The molecule has 3 N–H and O–H groups in total. The van der Waals surface area contributed by atoms with E-state index in [9.17, 15) is 13.2 Å². The summed E-state index contributed by atoms with van der Waals surface area (Å²) in [5, 5.41) is 7.83. The molecule has 22 heavy (non-hydrogen) atoms. The highest BCUT2D eigenvalue weighted by atomic mass is 32.2. The molecule has 0 saturated carbocycles. The largest absolute Gasteiger partial charge is 0.496 e. The van der Waals surface area contributed by atoms with Crippen LogP contribution in [-0.2, 0) is 16.4 Å². The van der Waals surface area contributed by atoms with Crippen molar-refractivity contribution in [1.82, 2.24) is 5.32 Å². The summed E-state index contributed by atoms with van der Waals surface area (Å²) in [4.78, 5) is 12.9. The van der Waals surface area contributed by atoms with Crippen molar-refractivity contribution in [2.75, 3.05) is 13.7 Å². The summed E-state index contributed by atoms with van der Waals surface area (Å²) in [6.45, 7) is 0.390. The van der Waals surface area contributed by atoms with Gasteiger partial charge in [-0.05, 0) is 30.7 Å². The lowest BCUT2D eigenvalue weighted by atomic mass is 10.2. The number of para-hydroxylation sites is 1. The number of sulfonamides is 1. The first kappa shape index (κ1) is 16.5. The first-order chi connectivity index (χ1) is 10.4. The Labute approximate surface area is 133 Å². The number of thiophene rings is 1. The van der Waals surface area contributed by atoms with E-state index in [4.69, 9.17) is 9.88 Å². The van der Waals surface area contributed by atoms with Crippen LogP contribution in [0.2, 0.25) is 0 Å². The normalized spacial score (nSPS) is 11.2. The highest BCUT2D eigenvalue weighted by Gasteiger charge is 2.13. The van der Waals surface area contributed by atoms with Crippen molar-refractivity contribution in [3.05, 3.63) is 46.8 Å². The average Bonchev–Trinajstić information content (AvgIpc) is 2.96. The molecule has 0 bridgehead atoms. The number of carbonyl (C=O) groups excluding carboxylic acids is 1. The number of amides is 1. The van der Waals surface area contributed by atoms with Crippen LogP contribution in [0.3, 0.4) is 0 Å². The third-order valence-electron chi connectivity index (χ3n) is 2.93. The summed E-state index contributed by atoms with van der Waals surface area (Å²) in [6, 6.07) is 10.1. The number of hydrogen-bond acceptors (Lipinski definition) is 5. The van der Waals surface area contributed by atoms with Gasteiger partial charge in [-0.3, -0.25) is 4.79 Å². The van der Waals surface area contributed by atoms with Crippen molar-refractivity contribution in [2.24, 2.45) is 5.14 Å². The van der Waals surface area contributed by atoms with Gasteiger partial charge in [0.1, 0.15) is 9.96 Å². The van der Waals surface area contributed by atoms with E-state index < -0.39 is 10.0 Å². The fourth-order valence-corrected chi connectivity index (χ4v) is 3.65. The highest BCUT2D eigenvalue weighted by molar-refractivity contribution is 7.91. The van der Waals surface area contributed by atoms with Crippen molar-refractivity contribution >= 4 is 27.3 Å². The van der Waals surface area contributed by atoms with Gasteiger partial charge in [-0.1, -0.05) is 12.1 Å². The summed E-state index contributed by atoms with van der Waals surface area (Å²) < 4.78 is 27.6. The lowest BCUT2D eigenvalue weighted by molar-refractivity contribution is 0.0951. The summed E-state index contributed by atoms with van der Waals surface area (Å²) in [5.74, 6) is 0.272. The summed E-state index contributed by atoms with van der Waals surface area (Å²) in [7, 11) is -2.15. The van der Waals surface area contributed by atoms with Gasteiger partial charge in [-0.15, -0.1) is 11.3 Å². The van der Waals surface area contributed by atoms with Gasteiger partial charge in [-0.25, -0.2) is 13.6 Å². The quantitative estimate of drug-likeness (QED) is 0.830. The van der Waals surface area contributed by atoms with Gasteiger partial charge in [-0.2, -0.15) is 0 Å². The number of rotatable bonds is 6. The third kappa shape index (κ3) is 4.06. The molecule has 2 aromatic rings. The Balaban J connectivity index is 1.94. The van der Waals surface area contributed by atoms with Gasteiger partial charge in [0.15, 0.2) is 0 Å². The monoisotopic (exact) mass is 340 g/mol. The van der Waals surface area contributed by atoms with Gasteiger partial charge in [0.25, 0.3) is 5.91 Å². The first-order valence-electron chi connectivity index (χ1n) is 6.44. The zero-order chi connectivity index (χ0) is 16.2. The molecular weight excluding hydrogens is 324 g/mol. The molecule has 1 heterocycles. The van der Waals surface area contributed by atoms with E-state index in [2.05, 4.69) is 5.32 Å². The second-order valence-electron chi connectivity index (χ2n) is 4.47. The number of nitrogens with one attached hydrogen (secondary N) is 1. The summed E-state index contributed by atoms with van der Waals surface area (Å²) in [6.07, 6.45) is 0.529. The maximum atomic E-state index is 12.1. The van der Waals surface area contributed by atoms with Crippen LogP contribution < -0.4 is 15.2 Å². The molecule has 1 aromatic heterocycles. The predicted molar refractivity (Wildman–Crippen MR) is 84.7 cm³/mol. The smallest absolute Gasteiger partial charge is 0.255 e. The fraction of sp³-hybridized carbons (Fsp3) is 0.214. The van der Waals surface area contributed by atoms with Crippen LogP contribution in [0.4, 0.5) is 0 Å². The van der Waals surface area contributed by atoms with Crippen molar-refractivity contribution < 1.29 is 17.9 Å². The third-order valence-corrected chi connectivity index (χ3v) is 5.51. The van der Waals surface area contributed by atoms with E-state index in [1.165, 1.54) is 13.2 Å². The molecule has 118 valence electrons. The first-order valence-corrected chi connectivity index (χ1v) is 8.81. The molecule has 2 rings (SSSR count). The molecule has 1 amide bonds. The SMILES string of the molecule is COc1ccccc1C(=O)NCCc1ccc(S(N)(=O)=O)s1. The molecule has 0 aliphatic heterocycles. The summed E-state index contributed by atoms with van der Waals surface area (Å²) >= 11 is 1.11. The number of primary sulfonamides is 1. The molecule has 6 nitrogen and oxygen atoms in total. The molecule has 0 saturated heterocycles. The topological polar surface area (TPSA) is 98.5 Å². The van der Waals surface area contributed by atoms with Crippen molar-refractivity contribution in [2.45, 2.75) is 10.6 Å². The molecule has 0 atom stereocenters. The minimum absolute atomic E-state index is 0.124. The number of benzene rings is 1. The Morgan fingerprint density at radius 2 is 2.00 bits per heavy atom. The Kier molecular flexibility index (Phi) is 5.17. The summed E-state index contributed by atoms with van der Waals surface area (Å²) in [5.41, 5.74) is 0.460. The Hall–Kier alpha value is -1.90. The van der Waals surface area contributed by atoms with Crippen LogP contribution in [0, 0.1) is 0 Å². The van der Waals surface area contributed by atoms with Crippen molar-refractivity contribution in [3.63, 3.8) is 0 Å². The highest BCUT2D eigenvalue weighted by Crippen LogP contribution is 2.20.